The molecule has 21 heavy (non-hydrogen) atoms. The molecule has 4 nitrogen and oxygen atoms in total. The molecule has 0 fully saturated rings. The van der Waals surface area contributed by atoms with E-state index in [0.717, 1.165) is 16.7 Å². The summed E-state index contributed by atoms with van der Waals surface area (Å²) in [6.07, 6.45) is 6.65. The summed E-state index contributed by atoms with van der Waals surface area (Å²) in [5.74, 6) is -0.133. The van der Waals surface area contributed by atoms with Gasteiger partial charge in [-0.05, 0) is 28.8 Å². The zero-order valence-corrected chi connectivity index (χ0v) is 12.0. The molecule has 1 aromatic heterocycles. The average Bonchev–Trinajstić information content (AvgIpc) is 2.53. The Morgan fingerprint density at radius 1 is 1.24 bits per heavy atom. The van der Waals surface area contributed by atoms with E-state index in [4.69, 9.17) is 4.74 Å². The maximum atomic E-state index is 11.8. The SMILES string of the molecule is COCc1ccccc1CNC(=O)/C=C/c1cccnc1. The number of ether oxygens (including phenoxy) is 1. The maximum Gasteiger partial charge on any atom is 0.244 e. The molecule has 0 radical (unpaired) electrons. The van der Waals surface area contributed by atoms with Crippen LogP contribution in [0.2, 0.25) is 0 Å². The molecule has 0 saturated heterocycles. The van der Waals surface area contributed by atoms with Crippen LogP contribution in [0.1, 0.15) is 16.7 Å². The van der Waals surface area contributed by atoms with Crippen molar-refractivity contribution in [2.45, 2.75) is 13.2 Å². The van der Waals surface area contributed by atoms with Crippen LogP contribution < -0.4 is 5.32 Å². The largest absolute Gasteiger partial charge is 0.380 e. The van der Waals surface area contributed by atoms with Crippen molar-refractivity contribution in [3.63, 3.8) is 0 Å². The van der Waals surface area contributed by atoms with Crippen LogP contribution in [-0.2, 0) is 22.7 Å². The van der Waals surface area contributed by atoms with E-state index >= 15 is 0 Å². The number of carbonyl (C=O) groups excluding carboxylic acids is 1. The molecular weight excluding hydrogens is 264 g/mol. The van der Waals surface area contributed by atoms with Gasteiger partial charge in [0.15, 0.2) is 0 Å². The minimum absolute atomic E-state index is 0.133. The number of nitrogens with zero attached hydrogens (tertiary/aromatic N) is 1. The Bertz CT molecular complexity index is 609. The van der Waals surface area contributed by atoms with Crippen molar-refractivity contribution in [1.29, 1.82) is 0 Å². The molecule has 108 valence electrons. The first-order chi connectivity index (χ1) is 10.3. The molecule has 1 aromatic carbocycles. The molecule has 0 bridgehead atoms. The summed E-state index contributed by atoms with van der Waals surface area (Å²) in [6, 6.07) is 11.6. The van der Waals surface area contributed by atoms with Crippen molar-refractivity contribution in [1.82, 2.24) is 10.3 Å². The molecule has 0 aliphatic carbocycles. The fourth-order valence-electron chi connectivity index (χ4n) is 1.91. The van der Waals surface area contributed by atoms with Gasteiger partial charge in [0.2, 0.25) is 5.91 Å². The van der Waals surface area contributed by atoms with Gasteiger partial charge in [0.25, 0.3) is 0 Å². The summed E-state index contributed by atoms with van der Waals surface area (Å²) in [5.41, 5.74) is 3.03. The molecule has 0 saturated carbocycles. The van der Waals surface area contributed by atoms with Crippen LogP contribution in [0.3, 0.4) is 0 Å². The number of carbonyl (C=O) groups is 1. The van der Waals surface area contributed by atoms with Gasteiger partial charge in [-0.3, -0.25) is 9.78 Å². The predicted octanol–water partition coefficient (Wildman–Crippen LogP) is 2.56. The van der Waals surface area contributed by atoms with E-state index in [0.29, 0.717) is 13.2 Å². The molecule has 2 rings (SSSR count). The van der Waals surface area contributed by atoms with E-state index in [1.54, 1.807) is 25.6 Å². The second-order valence-corrected chi connectivity index (χ2v) is 4.54. The highest BCUT2D eigenvalue weighted by Gasteiger charge is 2.02. The van der Waals surface area contributed by atoms with Crippen molar-refractivity contribution in [2.75, 3.05) is 7.11 Å². The van der Waals surface area contributed by atoms with Crippen LogP contribution in [0.15, 0.2) is 54.9 Å². The Morgan fingerprint density at radius 2 is 2.05 bits per heavy atom. The predicted molar refractivity (Wildman–Crippen MR) is 82.3 cm³/mol. The van der Waals surface area contributed by atoms with Gasteiger partial charge >= 0.3 is 0 Å². The number of pyridine rings is 1. The van der Waals surface area contributed by atoms with Crippen molar-refractivity contribution < 1.29 is 9.53 Å². The summed E-state index contributed by atoms with van der Waals surface area (Å²) in [4.78, 5) is 15.8. The van der Waals surface area contributed by atoms with Gasteiger partial charge in [-0.25, -0.2) is 0 Å². The van der Waals surface area contributed by atoms with Crippen LogP contribution >= 0.6 is 0 Å². The summed E-state index contributed by atoms with van der Waals surface area (Å²) in [6.45, 7) is 1.02. The Hall–Kier alpha value is -2.46. The lowest BCUT2D eigenvalue weighted by Crippen LogP contribution is -2.21. The van der Waals surface area contributed by atoms with Crippen LogP contribution in [0, 0.1) is 0 Å². The van der Waals surface area contributed by atoms with Crippen LogP contribution in [0.5, 0.6) is 0 Å². The average molecular weight is 282 g/mol. The molecule has 1 N–H and O–H groups in total. The van der Waals surface area contributed by atoms with Crippen LogP contribution in [-0.4, -0.2) is 18.0 Å². The first-order valence-electron chi connectivity index (χ1n) is 6.71. The van der Waals surface area contributed by atoms with Crippen LogP contribution in [0.25, 0.3) is 6.08 Å². The summed E-state index contributed by atoms with van der Waals surface area (Å²) in [7, 11) is 1.66. The summed E-state index contributed by atoms with van der Waals surface area (Å²) >= 11 is 0. The van der Waals surface area contributed by atoms with E-state index in [9.17, 15) is 4.79 Å². The molecule has 1 amide bonds. The lowest BCUT2D eigenvalue weighted by Gasteiger charge is -2.08. The van der Waals surface area contributed by atoms with Crippen molar-refractivity contribution in [3.05, 3.63) is 71.6 Å². The Kier molecular flexibility index (Phi) is 5.67. The molecule has 0 atom stereocenters. The lowest BCUT2D eigenvalue weighted by atomic mass is 10.1. The Labute approximate surface area is 124 Å². The first-order valence-corrected chi connectivity index (χ1v) is 6.71. The van der Waals surface area contributed by atoms with Gasteiger partial charge in [-0.1, -0.05) is 30.3 Å². The molecule has 0 aliphatic heterocycles. The minimum Gasteiger partial charge on any atom is -0.380 e. The number of aromatic nitrogens is 1. The number of hydrogen-bond acceptors (Lipinski definition) is 3. The molecule has 0 spiro atoms. The van der Waals surface area contributed by atoms with Gasteiger partial charge in [0, 0.05) is 32.1 Å². The highest BCUT2D eigenvalue weighted by Crippen LogP contribution is 2.09. The van der Waals surface area contributed by atoms with Crippen molar-refractivity contribution in [3.8, 4) is 0 Å². The Morgan fingerprint density at radius 3 is 2.76 bits per heavy atom. The quantitative estimate of drug-likeness (QED) is 0.828. The van der Waals surface area contributed by atoms with Gasteiger partial charge in [-0.2, -0.15) is 0 Å². The summed E-state index contributed by atoms with van der Waals surface area (Å²) < 4.78 is 5.15. The van der Waals surface area contributed by atoms with E-state index in [2.05, 4.69) is 10.3 Å². The van der Waals surface area contributed by atoms with Crippen molar-refractivity contribution in [2.24, 2.45) is 0 Å². The van der Waals surface area contributed by atoms with E-state index in [1.807, 2.05) is 36.4 Å². The van der Waals surface area contributed by atoms with Gasteiger partial charge < -0.3 is 10.1 Å². The third-order valence-corrected chi connectivity index (χ3v) is 2.98. The van der Waals surface area contributed by atoms with Gasteiger partial charge in [0.05, 0.1) is 6.61 Å². The van der Waals surface area contributed by atoms with Crippen molar-refractivity contribution >= 4 is 12.0 Å². The zero-order chi connectivity index (χ0) is 14.9. The monoisotopic (exact) mass is 282 g/mol. The molecule has 1 heterocycles. The fourth-order valence-corrected chi connectivity index (χ4v) is 1.91. The van der Waals surface area contributed by atoms with Gasteiger partial charge in [-0.15, -0.1) is 0 Å². The fraction of sp³-hybridized carbons (Fsp3) is 0.176. The molecule has 4 heteroatoms. The standard InChI is InChI=1S/C17H18N2O2/c1-21-13-16-7-3-2-6-15(16)12-19-17(20)9-8-14-5-4-10-18-11-14/h2-11H,12-13H2,1H3,(H,19,20)/b9-8+. The number of amides is 1. The summed E-state index contributed by atoms with van der Waals surface area (Å²) in [5, 5.41) is 2.87. The normalized spacial score (nSPS) is 10.7. The lowest BCUT2D eigenvalue weighted by molar-refractivity contribution is -0.116. The topological polar surface area (TPSA) is 51.2 Å². The number of benzene rings is 1. The number of nitrogens with one attached hydrogen (secondary N) is 1. The third kappa shape index (κ3) is 4.85. The van der Waals surface area contributed by atoms with E-state index in [-0.39, 0.29) is 5.91 Å². The van der Waals surface area contributed by atoms with Crippen LogP contribution in [0.4, 0.5) is 0 Å². The highest BCUT2D eigenvalue weighted by molar-refractivity contribution is 5.91. The minimum atomic E-state index is -0.133. The third-order valence-electron chi connectivity index (χ3n) is 2.98. The van der Waals surface area contributed by atoms with E-state index in [1.165, 1.54) is 6.08 Å². The second-order valence-electron chi connectivity index (χ2n) is 4.54. The molecule has 2 aromatic rings. The number of hydrogen-bond donors (Lipinski definition) is 1. The smallest absolute Gasteiger partial charge is 0.244 e. The molecule has 0 aliphatic rings. The number of methoxy groups -OCH3 is 1. The molecule has 0 unspecified atom stereocenters. The van der Waals surface area contributed by atoms with Gasteiger partial charge in [0.1, 0.15) is 0 Å². The first kappa shape index (κ1) is 14.9. The molecular formula is C17H18N2O2. The highest BCUT2D eigenvalue weighted by atomic mass is 16.5. The number of rotatable bonds is 6. The van der Waals surface area contributed by atoms with E-state index < -0.39 is 0 Å². The maximum absolute atomic E-state index is 11.8. The Balaban J connectivity index is 1.91. The zero-order valence-electron chi connectivity index (χ0n) is 12.0. The second kappa shape index (κ2) is 7.97.